The molecule has 0 aliphatic carbocycles. The highest BCUT2D eigenvalue weighted by atomic mass is 32.1. The van der Waals surface area contributed by atoms with E-state index in [0.29, 0.717) is 34.2 Å². The van der Waals surface area contributed by atoms with E-state index in [4.69, 9.17) is 0 Å². The molecule has 1 aromatic heterocycles. The zero-order chi connectivity index (χ0) is 21.1. The first-order valence-corrected chi connectivity index (χ1v) is 10.6. The third-order valence-electron chi connectivity index (χ3n) is 5.06. The fraction of sp³-hybridized carbons (Fsp3) is 0.217. The Balaban J connectivity index is 1.55. The van der Waals surface area contributed by atoms with Crippen molar-refractivity contribution in [3.8, 4) is 11.3 Å². The van der Waals surface area contributed by atoms with Crippen LogP contribution in [0.15, 0.2) is 60.7 Å². The Hall–Kier alpha value is -3.32. The molecule has 1 saturated heterocycles. The first kappa shape index (κ1) is 20.0. The summed E-state index contributed by atoms with van der Waals surface area (Å²) in [4.78, 5) is 44.5. The lowest BCUT2D eigenvalue weighted by atomic mass is 10.1. The Morgan fingerprint density at radius 3 is 2.37 bits per heavy atom. The number of ketones is 1. The van der Waals surface area contributed by atoms with Gasteiger partial charge in [0, 0.05) is 24.6 Å². The predicted molar refractivity (Wildman–Crippen MR) is 117 cm³/mol. The van der Waals surface area contributed by atoms with Gasteiger partial charge in [-0.1, -0.05) is 59.9 Å². The van der Waals surface area contributed by atoms with Gasteiger partial charge in [-0.05, 0) is 25.0 Å². The Labute approximate surface area is 178 Å². The van der Waals surface area contributed by atoms with Crippen LogP contribution in [0.2, 0.25) is 0 Å². The van der Waals surface area contributed by atoms with Gasteiger partial charge in [0.25, 0.3) is 5.91 Å². The van der Waals surface area contributed by atoms with Crippen molar-refractivity contribution in [2.45, 2.75) is 25.8 Å². The van der Waals surface area contributed by atoms with Crippen molar-refractivity contribution in [3.63, 3.8) is 0 Å². The van der Waals surface area contributed by atoms with Crippen LogP contribution in [-0.4, -0.2) is 40.1 Å². The van der Waals surface area contributed by atoms with Crippen LogP contribution >= 0.6 is 11.3 Å². The SMILES string of the molecule is CC(=O)c1sc(NC(=O)C2CCCN2C(=O)c2ccccc2)nc1-c1ccccc1. The summed E-state index contributed by atoms with van der Waals surface area (Å²) >= 11 is 1.16. The van der Waals surface area contributed by atoms with Crippen LogP contribution in [0.3, 0.4) is 0 Å². The van der Waals surface area contributed by atoms with Crippen molar-refractivity contribution >= 4 is 34.1 Å². The van der Waals surface area contributed by atoms with Crippen LogP contribution in [0.4, 0.5) is 5.13 Å². The highest BCUT2D eigenvalue weighted by Gasteiger charge is 2.35. The van der Waals surface area contributed by atoms with E-state index in [0.717, 1.165) is 23.3 Å². The number of carbonyl (C=O) groups excluding carboxylic acids is 3. The largest absolute Gasteiger partial charge is 0.327 e. The number of thiazole rings is 1. The van der Waals surface area contributed by atoms with Crippen molar-refractivity contribution in [1.82, 2.24) is 9.88 Å². The van der Waals surface area contributed by atoms with Gasteiger partial charge < -0.3 is 10.2 Å². The molecule has 152 valence electrons. The number of likely N-dealkylation sites (tertiary alicyclic amines) is 1. The Morgan fingerprint density at radius 1 is 1.03 bits per heavy atom. The Kier molecular flexibility index (Phi) is 5.72. The first-order valence-electron chi connectivity index (χ1n) is 9.78. The minimum absolute atomic E-state index is 0.103. The van der Waals surface area contributed by atoms with Crippen molar-refractivity contribution in [1.29, 1.82) is 0 Å². The quantitative estimate of drug-likeness (QED) is 0.627. The number of aromatic nitrogens is 1. The van der Waals surface area contributed by atoms with Crippen molar-refractivity contribution in [2.24, 2.45) is 0 Å². The molecule has 3 aromatic rings. The Morgan fingerprint density at radius 2 is 1.70 bits per heavy atom. The van der Waals surface area contributed by atoms with Gasteiger partial charge >= 0.3 is 0 Å². The second-order valence-corrected chi connectivity index (χ2v) is 8.13. The summed E-state index contributed by atoms with van der Waals surface area (Å²) < 4.78 is 0. The molecular formula is C23H21N3O3S. The standard InChI is InChI=1S/C23H21N3O3S/c1-15(27)20-19(16-9-4-2-5-10-16)24-23(30-20)25-21(28)18-13-8-14-26(18)22(29)17-11-6-3-7-12-17/h2-7,9-12,18H,8,13-14H2,1H3,(H,24,25,28). The van der Waals surface area contributed by atoms with Crippen LogP contribution in [-0.2, 0) is 4.79 Å². The number of nitrogens with one attached hydrogen (secondary N) is 1. The molecule has 6 nitrogen and oxygen atoms in total. The molecule has 1 aliphatic rings. The van der Waals surface area contributed by atoms with Gasteiger partial charge in [0.05, 0.1) is 10.6 Å². The first-order chi connectivity index (χ1) is 14.5. The van der Waals surface area contributed by atoms with Gasteiger partial charge in [-0.2, -0.15) is 0 Å². The van der Waals surface area contributed by atoms with E-state index < -0.39 is 6.04 Å². The van der Waals surface area contributed by atoms with E-state index >= 15 is 0 Å². The number of amides is 2. The summed E-state index contributed by atoms with van der Waals surface area (Å²) in [5.74, 6) is -0.532. The van der Waals surface area contributed by atoms with Crippen molar-refractivity contribution < 1.29 is 14.4 Å². The van der Waals surface area contributed by atoms with E-state index in [9.17, 15) is 14.4 Å². The molecule has 0 spiro atoms. The zero-order valence-electron chi connectivity index (χ0n) is 16.5. The van der Waals surface area contributed by atoms with Gasteiger partial charge in [-0.25, -0.2) is 4.98 Å². The summed E-state index contributed by atoms with van der Waals surface area (Å²) in [6, 6.07) is 17.8. The zero-order valence-corrected chi connectivity index (χ0v) is 17.3. The lowest BCUT2D eigenvalue weighted by molar-refractivity contribution is -0.119. The van der Waals surface area contributed by atoms with Gasteiger partial charge in [0.2, 0.25) is 5.91 Å². The molecule has 1 fully saturated rings. The Bertz CT molecular complexity index is 1080. The molecule has 2 heterocycles. The number of hydrogen-bond acceptors (Lipinski definition) is 5. The number of anilines is 1. The van der Waals surface area contributed by atoms with Gasteiger partial charge in [-0.15, -0.1) is 0 Å². The average molecular weight is 420 g/mol. The fourth-order valence-electron chi connectivity index (χ4n) is 3.62. The summed E-state index contributed by atoms with van der Waals surface area (Å²) in [5, 5.41) is 3.19. The normalized spacial score (nSPS) is 15.8. The molecule has 1 atom stereocenters. The molecule has 4 rings (SSSR count). The third-order valence-corrected chi connectivity index (χ3v) is 6.13. The monoisotopic (exact) mass is 419 g/mol. The van der Waals surface area contributed by atoms with Gasteiger partial charge in [-0.3, -0.25) is 14.4 Å². The lowest BCUT2D eigenvalue weighted by Gasteiger charge is -2.23. The van der Waals surface area contributed by atoms with E-state index in [1.807, 2.05) is 48.5 Å². The maximum absolute atomic E-state index is 13.0. The number of carbonyl (C=O) groups is 3. The van der Waals surface area contributed by atoms with Crippen LogP contribution < -0.4 is 5.32 Å². The smallest absolute Gasteiger partial charge is 0.254 e. The van der Waals surface area contributed by atoms with Gasteiger partial charge in [0.1, 0.15) is 6.04 Å². The van der Waals surface area contributed by atoms with E-state index in [1.165, 1.54) is 6.92 Å². The number of hydrogen-bond donors (Lipinski definition) is 1. The number of Topliss-reactive ketones (excluding diaryl/α,β-unsaturated/α-hetero) is 1. The van der Waals surface area contributed by atoms with Crippen LogP contribution in [0.5, 0.6) is 0 Å². The highest BCUT2D eigenvalue weighted by Crippen LogP contribution is 2.32. The molecule has 0 bridgehead atoms. The summed E-state index contributed by atoms with van der Waals surface area (Å²) in [6.07, 6.45) is 1.36. The topological polar surface area (TPSA) is 79.4 Å². The molecule has 1 unspecified atom stereocenters. The second-order valence-electron chi connectivity index (χ2n) is 7.13. The van der Waals surface area contributed by atoms with Crippen molar-refractivity contribution in [3.05, 3.63) is 71.1 Å². The van der Waals surface area contributed by atoms with E-state index in [1.54, 1.807) is 17.0 Å². The molecule has 1 N–H and O–H groups in total. The number of rotatable bonds is 5. The molecule has 0 saturated carbocycles. The molecule has 7 heteroatoms. The summed E-state index contributed by atoms with van der Waals surface area (Å²) in [6.45, 7) is 2.03. The van der Waals surface area contributed by atoms with Crippen LogP contribution in [0.25, 0.3) is 11.3 Å². The van der Waals surface area contributed by atoms with E-state index in [2.05, 4.69) is 10.3 Å². The molecule has 2 aromatic carbocycles. The number of benzene rings is 2. The number of nitrogens with zero attached hydrogens (tertiary/aromatic N) is 2. The highest BCUT2D eigenvalue weighted by molar-refractivity contribution is 7.18. The summed E-state index contributed by atoms with van der Waals surface area (Å²) in [7, 11) is 0. The average Bonchev–Trinajstić information content (AvgIpc) is 3.42. The maximum atomic E-state index is 13.0. The molecule has 30 heavy (non-hydrogen) atoms. The summed E-state index contributed by atoms with van der Waals surface area (Å²) in [5.41, 5.74) is 1.95. The minimum atomic E-state index is -0.553. The van der Waals surface area contributed by atoms with E-state index in [-0.39, 0.29) is 17.6 Å². The van der Waals surface area contributed by atoms with Gasteiger partial charge in [0.15, 0.2) is 10.9 Å². The van der Waals surface area contributed by atoms with Crippen molar-refractivity contribution in [2.75, 3.05) is 11.9 Å². The lowest BCUT2D eigenvalue weighted by Crippen LogP contribution is -2.43. The fourth-order valence-corrected chi connectivity index (χ4v) is 4.51. The van der Waals surface area contributed by atoms with Crippen LogP contribution in [0, 0.1) is 0 Å². The third kappa shape index (κ3) is 4.02. The maximum Gasteiger partial charge on any atom is 0.254 e. The molecular weight excluding hydrogens is 398 g/mol. The minimum Gasteiger partial charge on any atom is -0.327 e. The van der Waals surface area contributed by atoms with Crippen LogP contribution in [0.1, 0.15) is 39.8 Å². The molecule has 2 amide bonds. The molecule has 1 aliphatic heterocycles. The second kappa shape index (κ2) is 8.59. The predicted octanol–water partition coefficient (Wildman–Crippen LogP) is 4.26. The molecule has 0 radical (unpaired) electrons.